The Morgan fingerprint density at radius 1 is 1.27 bits per heavy atom. The Morgan fingerprint density at radius 3 is 2.64 bits per heavy atom. The molecule has 3 nitrogen and oxygen atoms in total. The minimum Gasteiger partial charge on any atom is -0.361 e. The first-order chi connectivity index (χ1) is 10.7. The van der Waals surface area contributed by atoms with Gasteiger partial charge >= 0.3 is 0 Å². The molecule has 0 aromatic heterocycles. The first kappa shape index (κ1) is 14.6. The number of carbonyl (C=O) groups is 1. The van der Waals surface area contributed by atoms with Crippen LogP contribution in [0.5, 0.6) is 0 Å². The lowest BCUT2D eigenvalue weighted by molar-refractivity contribution is -0.116. The Balaban J connectivity index is 2.13. The highest BCUT2D eigenvalue weighted by Gasteiger charge is 2.35. The second-order valence-corrected chi connectivity index (χ2v) is 5.97. The van der Waals surface area contributed by atoms with Crippen LogP contribution >= 0.6 is 0 Å². The lowest BCUT2D eigenvalue weighted by Crippen LogP contribution is -2.31. The number of nitrogens with zero attached hydrogens (tertiary/aromatic N) is 1. The van der Waals surface area contributed by atoms with Crippen LogP contribution in [0.3, 0.4) is 0 Å². The molecule has 0 fully saturated rings. The molecule has 2 aliphatic rings. The standard InChI is InChI=1S/C19H20N2O/c1-3-13-7-9-14(10-8-13)18-15(11-20)12(2)21-16-5-4-6-17(22)19(16)18/h7-10,18,21H,3-6H2,1-2H3/t18-/m1/s1. The van der Waals surface area contributed by atoms with Gasteiger partial charge in [0.2, 0.25) is 0 Å². The lowest BCUT2D eigenvalue weighted by atomic mass is 9.75. The summed E-state index contributed by atoms with van der Waals surface area (Å²) >= 11 is 0. The molecular formula is C19H20N2O. The summed E-state index contributed by atoms with van der Waals surface area (Å²) in [6, 6.07) is 10.6. The van der Waals surface area contributed by atoms with Crippen molar-refractivity contribution >= 4 is 5.78 Å². The molecule has 1 aliphatic carbocycles. The zero-order valence-corrected chi connectivity index (χ0v) is 13.1. The third-order valence-corrected chi connectivity index (χ3v) is 4.62. The van der Waals surface area contributed by atoms with Crippen molar-refractivity contribution in [1.29, 1.82) is 5.26 Å². The van der Waals surface area contributed by atoms with Crippen molar-refractivity contribution in [3.8, 4) is 6.07 Å². The third kappa shape index (κ3) is 2.35. The van der Waals surface area contributed by atoms with Gasteiger partial charge in [-0.25, -0.2) is 0 Å². The predicted molar refractivity (Wildman–Crippen MR) is 85.9 cm³/mol. The molecule has 1 aromatic rings. The molecule has 0 amide bonds. The Labute approximate surface area is 131 Å². The van der Waals surface area contributed by atoms with Crippen molar-refractivity contribution in [2.24, 2.45) is 0 Å². The van der Waals surface area contributed by atoms with Crippen molar-refractivity contribution in [2.45, 2.75) is 45.4 Å². The zero-order valence-electron chi connectivity index (χ0n) is 13.1. The van der Waals surface area contributed by atoms with Crippen LogP contribution in [-0.2, 0) is 11.2 Å². The van der Waals surface area contributed by atoms with Gasteiger partial charge in [-0.15, -0.1) is 0 Å². The van der Waals surface area contributed by atoms with Crippen molar-refractivity contribution in [3.63, 3.8) is 0 Å². The molecule has 0 saturated heterocycles. The predicted octanol–water partition coefficient (Wildman–Crippen LogP) is 3.74. The van der Waals surface area contributed by atoms with E-state index in [0.29, 0.717) is 12.0 Å². The third-order valence-electron chi connectivity index (χ3n) is 4.62. The topological polar surface area (TPSA) is 52.9 Å². The van der Waals surface area contributed by atoms with Gasteiger partial charge in [0.15, 0.2) is 5.78 Å². The summed E-state index contributed by atoms with van der Waals surface area (Å²) in [7, 11) is 0. The zero-order chi connectivity index (χ0) is 15.7. The molecule has 112 valence electrons. The molecule has 0 spiro atoms. The number of nitriles is 1. The number of hydrogen-bond acceptors (Lipinski definition) is 3. The number of carbonyl (C=O) groups excluding carboxylic acids is 1. The lowest BCUT2D eigenvalue weighted by Gasteiger charge is -2.32. The van der Waals surface area contributed by atoms with E-state index in [-0.39, 0.29) is 11.7 Å². The largest absolute Gasteiger partial charge is 0.361 e. The first-order valence-corrected chi connectivity index (χ1v) is 7.88. The number of hydrogen-bond donors (Lipinski definition) is 1. The van der Waals surface area contributed by atoms with Crippen molar-refractivity contribution < 1.29 is 4.79 Å². The summed E-state index contributed by atoms with van der Waals surface area (Å²) in [5.41, 5.74) is 5.66. The summed E-state index contributed by atoms with van der Waals surface area (Å²) in [5.74, 6) is -0.0291. The average molecular weight is 292 g/mol. The molecule has 3 heteroatoms. The Bertz CT molecular complexity index is 717. The Hall–Kier alpha value is -2.34. The fourth-order valence-corrected chi connectivity index (χ4v) is 3.41. The normalized spacial score (nSPS) is 21.3. The van der Waals surface area contributed by atoms with Gasteiger partial charge in [0, 0.05) is 23.4 Å². The van der Waals surface area contributed by atoms with Gasteiger partial charge in [-0.1, -0.05) is 31.2 Å². The van der Waals surface area contributed by atoms with Crippen LogP contribution in [0, 0.1) is 11.3 Å². The van der Waals surface area contributed by atoms with Crippen LogP contribution in [0.15, 0.2) is 46.8 Å². The smallest absolute Gasteiger partial charge is 0.161 e. The molecule has 0 bridgehead atoms. The van der Waals surface area contributed by atoms with E-state index < -0.39 is 0 Å². The molecule has 22 heavy (non-hydrogen) atoms. The van der Waals surface area contributed by atoms with Gasteiger partial charge in [0.1, 0.15) is 0 Å². The average Bonchev–Trinajstić information content (AvgIpc) is 2.54. The number of dihydropyridines is 1. The molecule has 0 radical (unpaired) electrons. The highest BCUT2D eigenvalue weighted by molar-refractivity contribution is 5.99. The number of aryl methyl sites for hydroxylation is 1. The van der Waals surface area contributed by atoms with Gasteiger partial charge in [-0.2, -0.15) is 5.26 Å². The maximum Gasteiger partial charge on any atom is 0.161 e. The SMILES string of the molecule is CCc1ccc([C@@H]2C(C#N)=C(C)NC3=C2C(=O)CCC3)cc1. The van der Waals surface area contributed by atoms with Crippen LogP contribution in [-0.4, -0.2) is 5.78 Å². The highest BCUT2D eigenvalue weighted by Crippen LogP contribution is 2.41. The Kier molecular flexibility index (Phi) is 3.85. The first-order valence-electron chi connectivity index (χ1n) is 7.88. The summed E-state index contributed by atoms with van der Waals surface area (Å²) in [4.78, 5) is 12.5. The van der Waals surface area contributed by atoms with Gasteiger partial charge in [0.05, 0.1) is 17.6 Å². The number of rotatable bonds is 2. The molecule has 3 rings (SSSR count). The number of Topliss-reactive ketones (excluding diaryl/α,β-unsaturated/α-hetero) is 1. The fraction of sp³-hybridized carbons (Fsp3) is 0.368. The van der Waals surface area contributed by atoms with E-state index in [1.807, 2.05) is 6.92 Å². The second kappa shape index (κ2) is 5.81. The molecular weight excluding hydrogens is 272 g/mol. The molecule has 1 N–H and O–H groups in total. The van der Waals surface area contributed by atoms with Crippen LogP contribution in [0.25, 0.3) is 0 Å². The quantitative estimate of drug-likeness (QED) is 0.903. The highest BCUT2D eigenvalue weighted by atomic mass is 16.1. The van der Waals surface area contributed by atoms with Gasteiger partial charge in [-0.05, 0) is 37.3 Å². The summed E-state index contributed by atoms with van der Waals surface area (Å²) in [6.45, 7) is 4.05. The van der Waals surface area contributed by atoms with Crippen LogP contribution in [0.2, 0.25) is 0 Å². The van der Waals surface area contributed by atoms with Gasteiger partial charge in [0.25, 0.3) is 0 Å². The van der Waals surface area contributed by atoms with Crippen molar-refractivity contribution in [1.82, 2.24) is 5.32 Å². The van der Waals surface area contributed by atoms with E-state index in [1.54, 1.807) is 0 Å². The summed E-state index contributed by atoms with van der Waals surface area (Å²) in [6.07, 6.45) is 3.35. The number of benzene rings is 1. The Morgan fingerprint density at radius 2 is 2.00 bits per heavy atom. The number of ketones is 1. The van der Waals surface area contributed by atoms with E-state index in [9.17, 15) is 10.1 Å². The fourth-order valence-electron chi connectivity index (χ4n) is 3.41. The number of nitrogens with one attached hydrogen (secondary N) is 1. The van der Waals surface area contributed by atoms with Crippen LogP contribution in [0.4, 0.5) is 0 Å². The van der Waals surface area contributed by atoms with E-state index >= 15 is 0 Å². The van der Waals surface area contributed by atoms with E-state index in [1.165, 1.54) is 5.56 Å². The minimum absolute atomic E-state index is 0.179. The van der Waals surface area contributed by atoms with Crippen molar-refractivity contribution in [3.05, 3.63) is 57.9 Å². The maximum absolute atomic E-state index is 12.5. The summed E-state index contributed by atoms with van der Waals surface area (Å²) in [5, 5.41) is 12.9. The van der Waals surface area contributed by atoms with Crippen molar-refractivity contribution in [2.75, 3.05) is 0 Å². The van der Waals surface area contributed by atoms with E-state index in [4.69, 9.17) is 0 Å². The maximum atomic E-state index is 12.5. The van der Waals surface area contributed by atoms with Crippen LogP contribution < -0.4 is 5.32 Å². The molecule has 1 aromatic carbocycles. The monoisotopic (exact) mass is 292 g/mol. The molecule has 1 atom stereocenters. The van der Waals surface area contributed by atoms with E-state index in [0.717, 1.165) is 41.8 Å². The molecule has 0 saturated carbocycles. The number of allylic oxidation sites excluding steroid dienone is 4. The summed E-state index contributed by atoms with van der Waals surface area (Å²) < 4.78 is 0. The minimum atomic E-state index is -0.208. The van der Waals surface area contributed by atoms with Gasteiger partial charge < -0.3 is 5.32 Å². The van der Waals surface area contributed by atoms with Crippen LogP contribution in [0.1, 0.15) is 50.2 Å². The molecule has 1 aliphatic heterocycles. The van der Waals surface area contributed by atoms with Gasteiger partial charge in [-0.3, -0.25) is 4.79 Å². The molecule has 0 unspecified atom stereocenters. The van der Waals surface area contributed by atoms with E-state index in [2.05, 4.69) is 42.6 Å². The molecule has 1 heterocycles. The second-order valence-electron chi connectivity index (χ2n) is 5.97.